The summed E-state index contributed by atoms with van der Waals surface area (Å²) in [5, 5.41) is 22.5. The number of ether oxygens (including phenoxy) is 2. The second kappa shape index (κ2) is 13.0. The van der Waals surface area contributed by atoms with Crippen LogP contribution < -0.4 is 14.8 Å². The maximum Gasteiger partial charge on any atom is 0.128 e. The van der Waals surface area contributed by atoms with Gasteiger partial charge in [0.2, 0.25) is 0 Å². The van der Waals surface area contributed by atoms with Crippen molar-refractivity contribution >= 4 is 43.1 Å². The van der Waals surface area contributed by atoms with Crippen LogP contribution in [-0.4, -0.2) is 37.5 Å². The number of benzene rings is 8. The second-order valence-corrected chi connectivity index (χ2v) is 13.2. The van der Waals surface area contributed by atoms with Gasteiger partial charge >= 0.3 is 0 Å². The van der Waals surface area contributed by atoms with Crippen LogP contribution in [-0.2, 0) is 0 Å². The highest BCUT2D eigenvalue weighted by Crippen LogP contribution is 2.47. The number of hydrogen-bond acceptors (Lipinski definition) is 4. The molecule has 1 aliphatic heterocycles. The van der Waals surface area contributed by atoms with Gasteiger partial charge in [-0.15, -0.1) is 0 Å². The third-order valence-electron chi connectivity index (χ3n) is 9.94. The molecule has 8 aromatic carbocycles. The maximum absolute atomic E-state index is 9.79. The monoisotopic (exact) mass is 651 g/mol. The summed E-state index contributed by atoms with van der Waals surface area (Å²) >= 11 is 0. The molecule has 244 valence electrons. The molecule has 4 nitrogen and oxygen atoms in total. The summed E-state index contributed by atoms with van der Waals surface area (Å²) in [6.45, 7) is 1.80. The highest BCUT2D eigenvalue weighted by Gasteiger charge is 2.22. The van der Waals surface area contributed by atoms with Crippen LogP contribution in [0, 0.1) is 0 Å². The van der Waals surface area contributed by atoms with Crippen molar-refractivity contribution in [1.29, 1.82) is 0 Å². The Hall–Kier alpha value is -5.68. The molecule has 0 aromatic heterocycles. The standard InChI is InChI=1S/C46H37NO3/c48-22-24-50-44-20-16-39-28-37(35-12-10-31-6-2-4-8-33(31)26-35)14-18-42(39)46(44)45-41-17-13-36(34-11-9-30-5-1-3-7-32(30)25-34)27-38(41)15-19-43(45)49-23-21-40-29-47-40/h1-20,25-28,40,47-48H,21-24,29H2. The first kappa shape index (κ1) is 30.4. The topological polar surface area (TPSA) is 60.6 Å². The fourth-order valence-corrected chi connectivity index (χ4v) is 7.23. The van der Waals surface area contributed by atoms with E-state index in [0.29, 0.717) is 12.6 Å². The quantitative estimate of drug-likeness (QED) is 0.145. The van der Waals surface area contributed by atoms with Crippen LogP contribution in [0.1, 0.15) is 6.42 Å². The van der Waals surface area contributed by atoms with E-state index in [1.54, 1.807) is 0 Å². The molecule has 4 heteroatoms. The lowest BCUT2D eigenvalue weighted by Gasteiger charge is -2.20. The van der Waals surface area contributed by atoms with Gasteiger partial charge < -0.3 is 19.9 Å². The smallest absolute Gasteiger partial charge is 0.128 e. The molecule has 2 N–H and O–H groups in total. The van der Waals surface area contributed by atoms with Crippen LogP contribution in [0.25, 0.3) is 76.5 Å². The van der Waals surface area contributed by atoms with Crippen molar-refractivity contribution in [2.45, 2.75) is 12.5 Å². The summed E-state index contributed by atoms with van der Waals surface area (Å²) in [6.07, 6.45) is 0.955. The van der Waals surface area contributed by atoms with Gasteiger partial charge in [0, 0.05) is 23.7 Å². The van der Waals surface area contributed by atoms with Crippen molar-refractivity contribution < 1.29 is 14.6 Å². The summed E-state index contributed by atoms with van der Waals surface area (Å²) in [5.41, 5.74) is 6.67. The minimum absolute atomic E-state index is 0.0687. The normalized spacial score (nSPS) is 14.1. The van der Waals surface area contributed by atoms with Gasteiger partial charge in [-0.1, -0.05) is 109 Å². The van der Waals surface area contributed by atoms with Gasteiger partial charge in [0.15, 0.2) is 0 Å². The lowest BCUT2D eigenvalue weighted by molar-refractivity contribution is 0.202. The predicted octanol–water partition coefficient (Wildman–Crippen LogP) is 10.4. The van der Waals surface area contributed by atoms with E-state index in [1.165, 1.54) is 32.7 Å². The molecule has 0 bridgehead atoms. The van der Waals surface area contributed by atoms with E-state index >= 15 is 0 Å². The highest BCUT2D eigenvalue weighted by atomic mass is 16.5. The van der Waals surface area contributed by atoms with Crippen LogP contribution >= 0.6 is 0 Å². The zero-order valence-electron chi connectivity index (χ0n) is 27.7. The fraction of sp³-hybridized carbons (Fsp3) is 0.130. The van der Waals surface area contributed by atoms with Gasteiger partial charge in [0.05, 0.1) is 13.2 Å². The van der Waals surface area contributed by atoms with E-state index in [0.717, 1.165) is 68.3 Å². The number of nitrogens with one attached hydrogen (secondary N) is 1. The molecule has 8 aromatic rings. The molecule has 1 unspecified atom stereocenters. The van der Waals surface area contributed by atoms with Crippen molar-refractivity contribution in [3.05, 3.63) is 146 Å². The first-order chi connectivity index (χ1) is 24.7. The highest BCUT2D eigenvalue weighted by molar-refractivity contribution is 6.11. The molecule has 0 saturated carbocycles. The summed E-state index contributed by atoms with van der Waals surface area (Å²) in [7, 11) is 0. The van der Waals surface area contributed by atoms with Gasteiger partial charge in [0.1, 0.15) is 18.1 Å². The van der Waals surface area contributed by atoms with E-state index in [4.69, 9.17) is 9.47 Å². The second-order valence-electron chi connectivity index (χ2n) is 13.2. The van der Waals surface area contributed by atoms with Crippen LogP contribution in [0.5, 0.6) is 11.5 Å². The Labute approximate surface area is 291 Å². The number of aliphatic hydroxyl groups is 1. The van der Waals surface area contributed by atoms with Crippen LogP contribution in [0.2, 0.25) is 0 Å². The zero-order valence-corrected chi connectivity index (χ0v) is 27.7. The molecular formula is C46H37NO3. The van der Waals surface area contributed by atoms with Crippen LogP contribution in [0.3, 0.4) is 0 Å². The molecule has 1 saturated heterocycles. The molecule has 1 heterocycles. The fourth-order valence-electron chi connectivity index (χ4n) is 7.23. The average Bonchev–Trinajstić information content (AvgIpc) is 4.00. The van der Waals surface area contributed by atoms with E-state index in [1.807, 2.05) is 6.07 Å². The first-order valence-electron chi connectivity index (χ1n) is 17.4. The Morgan fingerprint density at radius 1 is 0.480 bits per heavy atom. The van der Waals surface area contributed by atoms with Gasteiger partial charge in [0.25, 0.3) is 0 Å². The van der Waals surface area contributed by atoms with Crippen molar-refractivity contribution in [2.24, 2.45) is 0 Å². The molecule has 1 aliphatic rings. The summed E-state index contributed by atoms with van der Waals surface area (Å²) in [6, 6.07) is 52.6. The Morgan fingerprint density at radius 2 is 0.900 bits per heavy atom. The lowest BCUT2D eigenvalue weighted by atomic mass is 9.89. The molecule has 1 fully saturated rings. The van der Waals surface area contributed by atoms with Gasteiger partial charge in [-0.05, 0) is 108 Å². The van der Waals surface area contributed by atoms with E-state index < -0.39 is 0 Å². The Kier molecular flexibility index (Phi) is 7.89. The Morgan fingerprint density at radius 3 is 1.38 bits per heavy atom. The zero-order chi connectivity index (χ0) is 33.4. The molecule has 0 amide bonds. The largest absolute Gasteiger partial charge is 0.493 e. The Balaban J connectivity index is 1.21. The maximum atomic E-state index is 9.79. The lowest BCUT2D eigenvalue weighted by Crippen LogP contribution is -2.06. The van der Waals surface area contributed by atoms with Crippen molar-refractivity contribution in [2.75, 3.05) is 26.4 Å². The molecule has 0 radical (unpaired) electrons. The number of aliphatic hydroxyl groups excluding tert-OH is 1. The summed E-state index contributed by atoms with van der Waals surface area (Å²) in [5.74, 6) is 1.56. The molecule has 1 atom stereocenters. The van der Waals surface area contributed by atoms with Crippen molar-refractivity contribution in [1.82, 2.24) is 5.32 Å². The van der Waals surface area contributed by atoms with Crippen LogP contribution in [0.4, 0.5) is 0 Å². The minimum atomic E-state index is -0.0687. The predicted molar refractivity (Wildman–Crippen MR) is 207 cm³/mol. The van der Waals surface area contributed by atoms with E-state index in [9.17, 15) is 5.11 Å². The molecule has 50 heavy (non-hydrogen) atoms. The average molecular weight is 652 g/mol. The summed E-state index contributed by atoms with van der Waals surface area (Å²) < 4.78 is 12.9. The minimum Gasteiger partial charge on any atom is -0.493 e. The molecule has 0 spiro atoms. The number of hydrogen-bond donors (Lipinski definition) is 2. The molecular weight excluding hydrogens is 615 g/mol. The third kappa shape index (κ3) is 5.83. The van der Waals surface area contributed by atoms with Gasteiger partial charge in [-0.25, -0.2) is 0 Å². The van der Waals surface area contributed by atoms with Crippen LogP contribution in [0.15, 0.2) is 146 Å². The molecule has 9 rings (SSSR count). The van der Waals surface area contributed by atoms with Crippen molar-refractivity contribution in [3.63, 3.8) is 0 Å². The summed E-state index contributed by atoms with van der Waals surface area (Å²) in [4.78, 5) is 0. The third-order valence-corrected chi connectivity index (χ3v) is 9.94. The van der Waals surface area contributed by atoms with Gasteiger partial charge in [-0.3, -0.25) is 0 Å². The van der Waals surface area contributed by atoms with Crippen molar-refractivity contribution in [3.8, 4) is 44.9 Å². The molecule has 0 aliphatic carbocycles. The first-order valence-corrected chi connectivity index (χ1v) is 17.4. The Bertz CT molecular complexity index is 2530. The van der Waals surface area contributed by atoms with E-state index in [-0.39, 0.29) is 13.2 Å². The number of fused-ring (bicyclic) bond motifs is 4. The number of rotatable bonds is 10. The SMILES string of the molecule is OCCOc1ccc2cc(-c3ccc4ccccc4c3)ccc2c1-c1c(OCCC2CN2)ccc2cc(-c3ccc4ccccc4c3)ccc12. The van der Waals surface area contributed by atoms with E-state index in [2.05, 4.69) is 145 Å². The van der Waals surface area contributed by atoms with Gasteiger partial charge in [-0.2, -0.15) is 0 Å².